The largest absolute Gasteiger partial charge is 0.416 e. The number of hydrogen-bond donors (Lipinski definition) is 1. The van der Waals surface area contributed by atoms with Crippen LogP contribution in [-0.2, 0) is 33.2 Å². The third-order valence-corrected chi connectivity index (χ3v) is 13.0. The van der Waals surface area contributed by atoms with Gasteiger partial charge in [-0.2, -0.15) is 0 Å². The summed E-state index contributed by atoms with van der Waals surface area (Å²) in [5.41, 5.74) is 0. The third-order valence-electron chi connectivity index (χ3n) is 6.31. The Balaban J connectivity index is 2.61. The second-order valence-corrected chi connectivity index (χ2v) is 16.8. The first-order valence-corrected chi connectivity index (χ1v) is 15.9. The molecule has 0 amide bonds. The molecular formula is C21H45NO7SSi. The Labute approximate surface area is 190 Å². The number of hydrogen-bond acceptors (Lipinski definition) is 8. The van der Waals surface area contributed by atoms with Crippen LogP contribution in [0.5, 0.6) is 0 Å². The van der Waals surface area contributed by atoms with Crippen LogP contribution in [0, 0.1) is 5.92 Å². The summed E-state index contributed by atoms with van der Waals surface area (Å²) in [5.74, 6) is -0.0722. The predicted molar refractivity (Wildman–Crippen MR) is 126 cm³/mol. The van der Waals surface area contributed by atoms with Gasteiger partial charge in [-0.1, -0.05) is 20.8 Å². The fourth-order valence-corrected chi connectivity index (χ4v) is 6.08. The van der Waals surface area contributed by atoms with Crippen LogP contribution in [0.4, 0.5) is 0 Å². The van der Waals surface area contributed by atoms with E-state index in [0.29, 0.717) is 59.3 Å². The smallest absolute Gasteiger partial charge is 0.191 e. The van der Waals surface area contributed by atoms with Crippen LogP contribution < -0.4 is 5.32 Å². The van der Waals surface area contributed by atoms with Crippen LogP contribution >= 0.6 is 0 Å². The van der Waals surface area contributed by atoms with E-state index in [9.17, 15) is 8.42 Å². The van der Waals surface area contributed by atoms with E-state index in [-0.39, 0.29) is 22.8 Å². The topological polar surface area (TPSA) is 92.3 Å². The van der Waals surface area contributed by atoms with Gasteiger partial charge < -0.3 is 28.7 Å². The minimum atomic E-state index is -3.19. The number of methoxy groups -OCH3 is 1. The molecule has 1 aliphatic heterocycles. The lowest BCUT2D eigenvalue weighted by atomic mass is 10.00. The molecule has 0 aliphatic carbocycles. The minimum absolute atomic E-state index is 0.0600. The highest BCUT2D eigenvalue weighted by Crippen LogP contribution is 2.37. The lowest BCUT2D eigenvalue weighted by Crippen LogP contribution is -2.53. The van der Waals surface area contributed by atoms with E-state index in [0.717, 1.165) is 0 Å². The SMILES string of the molecule is COCCOCCOCCOC(C)C(CO[Si](C)(C)C(C)(C)C)C1CNCCS1(=O)=O. The Bertz CT molecular complexity index is 595. The number of sulfone groups is 1. The van der Waals surface area contributed by atoms with Crippen molar-refractivity contribution in [2.45, 2.75) is 57.2 Å². The van der Waals surface area contributed by atoms with Gasteiger partial charge in [0.25, 0.3) is 0 Å². The molecule has 1 fully saturated rings. The fourth-order valence-electron chi connectivity index (χ4n) is 3.10. The van der Waals surface area contributed by atoms with Crippen LogP contribution in [0.3, 0.4) is 0 Å². The molecule has 0 saturated carbocycles. The summed E-state index contributed by atoms with van der Waals surface area (Å²) in [7, 11) is -3.55. The van der Waals surface area contributed by atoms with E-state index in [1.807, 2.05) is 6.92 Å². The van der Waals surface area contributed by atoms with Crippen LogP contribution in [-0.4, -0.2) is 100 Å². The lowest BCUT2D eigenvalue weighted by Gasteiger charge is -2.40. The van der Waals surface area contributed by atoms with Crippen LogP contribution in [0.1, 0.15) is 27.7 Å². The Morgan fingerprint density at radius 1 is 1.03 bits per heavy atom. The maximum atomic E-state index is 12.8. The van der Waals surface area contributed by atoms with E-state index in [1.165, 1.54) is 0 Å². The monoisotopic (exact) mass is 483 g/mol. The molecule has 0 bridgehead atoms. The first-order valence-electron chi connectivity index (χ1n) is 11.2. The van der Waals surface area contributed by atoms with Crippen molar-refractivity contribution >= 4 is 18.2 Å². The molecule has 1 N–H and O–H groups in total. The molecule has 8 nitrogen and oxygen atoms in total. The standard InChI is InChI=1S/C21H45NO7SSi/c1-18(28-14-13-27-12-11-26-10-9-25-5)19(17-29-31(6,7)21(2,3)4)20-16-22-8-15-30(20,23)24/h18-20,22H,8-17H2,1-7H3. The molecule has 1 aliphatic rings. The highest BCUT2D eigenvalue weighted by atomic mass is 32.2. The average Bonchev–Trinajstić information content (AvgIpc) is 2.66. The lowest BCUT2D eigenvalue weighted by molar-refractivity contribution is -0.0347. The van der Waals surface area contributed by atoms with E-state index >= 15 is 0 Å². The molecule has 186 valence electrons. The van der Waals surface area contributed by atoms with E-state index in [2.05, 4.69) is 39.2 Å². The summed E-state index contributed by atoms with van der Waals surface area (Å²) in [6, 6.07) is 0. The van der Waals surface area contributed by atoms with Gasteiger partial charge >= 0.3 is 0 Å². The van der Waals surface area contributed by atoms with Crippen LogP contribution in [0.2, 0.25) is 18.1 Å². The molecule has 1 rings (SSSR count). The quantitative estimate of drug-likeness (QED) is 0.280. The zero-order chi connectivity index (χ0) is 23.5. The predicted octanol–water partition coefficient (Wildman–Crippen LogP) is 2.10. The van der Waals surface area contributed by atoms with Gasteiger partial charge in [0.15, 0.2) is 18.2 Å². The van der Waals surface area contributed by atoms with Gasteiger partial charge in [0, 0.05) is 32.7 Å². The molecule has 1 saturated heterocycles. The molecule has 0 aromatic carbocycles. The summed E-state index contributed by atoms with van der Waals surface area (Å²) in [6.45, 7) is 17.1. The van der Waals surface area contributed by atoms with Crippen molar-refractivity contribution in [1.29, 1.82) is 0 Å². The molecular weight excluding hydrogens is 438 g/mol. The molecule has 3 unspecified atom stereocenters. The van der Waals surface area contributed by atoms with Gasteiger partial charge in [0.2, 0.25) is 0 Å². The molecule has 0 radical (unpaired) electrons. The molecule has 0 spiro atoms. The van der Waals surface area contributed by atoms with Gasteiger partial charge in [-0.05, 0) is 25.1 Å². The Hall–Kier alpha value is -0.0731. The molecule has 31 heavy (non-hydrogen) atoms. The summed E-state index contributed by atoms with van der Waals surface area (Å²) in [6.07, 6.45) is -0.258. The molecule has 0 aromatic rings. The highest BCUT2D eigenvalue weighted by Gasteiger charge is 2.42. The van der Waals surface area contributed by atoms with Crippen molar-refractivity contribution in [1.82, 2.24) is 5.32 Å². The minimum Gasteiger partial charge on any atom is -0.416 e. The number of nitrogens with one attached hydrogen (secondary N) is 1. The van der Waals surface area contributed by atoms with Gasteiger partial charge in [-0.3, -0.25) is 0 Å². The second kappa shape index (κ2) is 13.6. The van der Waals surface area contributed by atoms with E-state index in [1.54, 1.807) is 7.11 Å². The Kier molecular flexibility index (Phi) is 12.7. The normalized spacial score (nSPS) is 21.7. The van der Waals surface area contributed by atoms with Crippen molar-refractivity contribution in [2.75, 3.05) is 72.2 Å². The zero-order valence-corrected chi connectivity index (χ0v) is 22.4. The molecule has 10 heteroatoms. The van der Waals surface area contributed by atoms with Crippen molar-refractivity contribution in [3.63, 3.8) is 0 Å². The maximum absolute atomic E-state index is 12.8. The third kappa shape index (κ3) is 10.2. The van der Waals surface area contributed by atoms with Crippen molar-refractivity contribution in [2.24, 2.45) is 5.92 Å². The summed E-state index contributed by atoms with van der Waals surface area (Å²) < 4.78 is 53.8. The summed E-state index contributed by atoms with van der Waals surface area (Å²) >= 11 is 0. The van der Waals surface area contributed by atoms with Crippen molar-refractivity contribution in [3.8, 4) is 0 Å². The van der Waals surface area contributed by atoms with E-state index in [4.69, 9.17) is 23.4 Å². The number of ether oxygens (including phenoxy) is 4. The number of rotatable bonds is 15. The van der Waals surface area contributed by atoms with Crippen LogP contribution in [0.25, 0.3) is 0 Å². The second-order valence-electron chi connectivity index (χ2n) is 9.64. The van der Waals surface area contributed by atoms with Gasteiger partial charge in [-0.15, -0.1) is 0 Å². The van der Waals surface area contributed by atoms with Crippen molar-refractivity contribution in [3.05, 3.63) is 0 Å². The highest BCUT2D eigenvalue weighted by molar-refractivity contribution is 7.92. The van der Waals surface area contributed by atoms with Gasteiger partial charge in [-0.25, -0.2) is 8.42 Å². The van der Waals surface area contributed by atoms with Gasteiger partial charge in [0.05, 0.1) is 56.7 Å². The summed E-state index contributed by atoms with van der Waals surface area (Å²) in [5, 5.41) is 2.79. The fraction of sp³-hybridized carbons (Fsp3) is 1.00. The van der Waals surface area contributed by atoms with E-state index < -0.39 is 23.4 Å². The first kappa shape index (κ1) is 29.0. The summed E-state index contributed by atoms with van der Waals surface area (Å²) in [4.78, 5) is 0. The van der Waals surface area contributed by atoms with Crippen molar-refractivity contribution < 1.29 is 31.8 Å². The first-order chi connectivity index (χ1) is 14.4. The Morgan fingerprint density at radius 3 is 2.16 bits per heavy atom. The Morgan fingerprint density at radius 2 is 1.61 bits per heavy atom. The molecule has 3 atom stereocenters. The molecule has 1 heterocycles. The molecule has 0 aromatic heterocycles. The maximum Gasteiger partial charge on any atom is 0.191 e. The zero-order valence-electron chi connectivity index (χ0n) is 20.6. The van der Waals surface area contributed by atoms with Gasteiger partial charge in [0.1, 0.15) is 0 Å². The van der Waals surface area contributed by atoms with Crippen LogP contribution in [0.15, 0.2) is 0 Å². The average molecular weight is 484 g/mol.